The van der Waals surface area contributed by atoms with E-state index >= 15 is 0 Å². The maximum Gasteiger partial charge on any atom is 0.338 e. The summed E-state index contributed by atoms with van der Waals surface area (Å²) in [6.07, 6.45) is -0.850. The number of carbonyl (C=O) groups excluding carboxylic acids is 1. The lowest BCUT2D eigenvalue weighted by Gasteiger charge is -2.13. The van der Waals surface area contributed by atoms with Crippen molar-refractivity contribution >= 4 is 33.0 Å². The Kier molecular flexibility index (Phi) is 6.25. The van der Waals surface area contributed by atoms with E-state index in [1.54, 1.807) is 13.8 Å². The highest BCUT2D eigenvalue weighted by atomic mass is 32.2. The Morgan fingerprint density at radius 1 is 1.15 bits per heavy atom. The smallest absolute Gasteiger partial charge is 0.338 e. The van der Waals surface area contributed by atoms with Crippen LogP contribution in [0.2, 0.25) is 0 Å². The van der Waals surface area contributed by atoms with Gasteiger partial charge in [0.1, 0.15) is 5.82 Å². The molecule has 0 amide bonds. The zero-order chi connectivity index (χ0) is 23.6. The van der Waals surface area contributed by atoms with Gasteiger partial charge in [0.25, 0.3) is 21.8 Å². The zero-order valence-electron chi connectivity index (χ0n) is 17.5. The number of hydrogen-bond acceptors (Lipinski definition) is 8. The molecule has 8 nitrogen and oxygen atoms in total. The lowest BCUT2D eigenvalue weighted by molar-refractivity contribution is 0.0279. The van der Waals surface area contributed by atoms with Gasteiger partial charge in [-0.25, -0.2) is 17.6 Å². The molecule has 0 aliphatic heterocycles. The van der Waals surface area contributed by atoms with Crippen molar-refractivity contribution in [1.29, 1.82) is 0 Å². The Bertz CT molecular complexity index is 1380. The Morgan fingerprint density at radius 3 is 2.61 bits per heavy atom. The van der Waals surface area contributed by atoms with Crippen molar-refractivity contribution in [3.8, 4) is 10.8 Å². The number of esters is 1. The molecule has 4 rings (SSSR count). The topological polar surface area (TPSA) is 111 Å². The molecule has 0 aliphatic carbocycles. The van der Waals surface area contributed by atoms with E-state index in [2.05, 4.69) is 14.9 Å². The standard InChI is InChI=1S/C22H18FN3O5S2/c1-13-5-6-15(12-19(13)33(28,29)26-17-9-7-16(23)8-10-17)22(27)30-14(2)20-24-25-21(31-20)18-4-3-11-32-18/h3-12,14,26H,1-2H3. The van der Waals surface area contributed by atoms with Crippen molar-refractivity contribution in [3.63, 3.8) is 0 Å². The molecule has 33 heavy (non-hydrogen) atoms. The second kappa shape index (κ2) is 9.12. The quantitative estimate of drug-likeness (QED) is 0.367. The number of sulfonamides is 1. The highest BCUT2D eigenvalue weighted by Crippen LogP contribution is 2.27. The third kappa shape index (κ3) is 5.10. The van der Waals surface area contributed by atoms with Crippen LogP contribution in [0.25, 0.3) is 10.8 Å². The van der Waals surface area contributed by atoms with Gasteiger partial charge < -0.3 is 9.15 Å². The van der Waals surface area contributed by atoms with E-state index in [0.29, 0.717) is 11.5 Å². The number of rotatable bonds is 7. The fourth-order valence-electron chi connectivity index (χ4n) is 2.92. The molecular formula is C22H18FN3O5S2. The van der Waals surface area contributed by atoms with E-state index < -0.39 is 27.9 Å². The van der Waals surface area contributed by atoms with Crippen molar-refractivity contribution in [3.05, 3.63) is 82.8 Å². The van der Waals surface area contributed by atoms with E-state index in [4.69, 9.17) is 9.15 Å². The Morgan fingerprint density at radius 2 is 1.91 bits per heavy atom. The van der Waals surface area contributed by atoms with E-state index in [0.717, 1.165) is 17.0 Å². The van der Waals surface area contributed by atoms with E-state index in [-0.39, 0.29) is 22.0 Å². The Labute approximate surface area is 193 Å². The number of anilines is 1. The third-order valence-electron chi connectivity index (χ3n) is 4.61. The number of carbonyl (C=O) groups is 1. The van der Waals surface area contributed by atoms with Gasteiger partial charge in [0.2, 0.25) is 0 Å². The number of nitrogens with zero attached hydrogens (tertiary/aromatic N) is 2. The van der Waals surface area contributed by atoms with E-state index in [1.807, 2.05) is 17.5 Å². The maximum atomic E-state index is 13.1. The van der Waals surface area contributed by atoms with Crippen LogP contribution in [0.5, 0.6) is 0 Å². The molecule has 1 unspecified atom stereocenters. The first-order valence-corrected chi connectivity index (χ1v) is 12.1. The number of aromatic nitrogens is 2. The minimum absolute atomic E-state index is 0.0323. The van der Waals surface area contributed by atoms with Crippen LogP contribution >= 0.6 is 11.3 Å². The van der Waals surface area contributed by atoms with Gasteiger partial charge in [-0.1, -0.05) is 12.1 Å². The van der Waals surface area contributed by atoms with Crippen LogP contribution in [0.1, 0.15) is 34.8 Å². The van der Waals surface area contributed by atoms with Gasteiger partial charge in [-0.05, 0) is 67.3 Å². The summed E-state index contributed by atoms with van der Waals surface area (Å²) in [5.41, 5.74) is 0.645. The molecule has 2 aromatic carbocycles. The highest BCUT2D eigenvalue weighted by molar-refractivity contribution is 7.92. The van der Waals surface area contributed by atoms with Crippen LogP contribution in [0.4, 0.5) is 10.1 Å². The van der Waals surface area contributed by atoms with Crippen LogP contribution in [0.3, 0.4) is 0 Å². The van der Waals surface area contributed by atoms with Crippen molar-refractivity contribution in [2.75, 3.05) is 4.72 Å². The SMILES string of the molecule is Cc1ccc(C(=O)OC(C)c2nnc(-c3cccs3)o2)cc1S(=O)(=O)Nc1ccc(F)cc1. The zero-order valence-corrected chi connectivity index (χ0v) is 19.1. The monoisotopic (exact) mass is 487 g/mol. The first kappa shape index (κ1) is 22.6. The fourth-order valence-corrected chi connectivity index (χ4v) is 4.90. The van der Waals surface area contributed by atoms with Gasteiger partial charge in [-0.15, -0.1) is 21.5 Å². The van der Waals surface area contributed by atoms with E-state index in [9.17, 15) is 17.6 Å². The number of benzene rings is 2. The van der Waals surface area contributed by atoms with Gasteiger partial charge in [0, 0.05) is 5.69 Å². The Hall–Kier alpha value is -3.57. The predicted octanol–water partition coefficient (Wildman–Crippen LogP) is 4.96. The van der Waals surface area contributed by atoms with Gasteiger partial charge in [-0.3, -0.25) is 4.72 Å². The van der Waals surface area contributed by atoms with Crippen LogP contribution in [0, 0.1) is 12.7 Å². The largest absolute Gasteiger partial charge is 0.449 e. The predicted molar refractivity (Wildman–Crippen MR) is 120 cm³/mol. The number of ether oxygens (including phenoxy) is 1. The molecule has 2 aromatic heterocycles. The first-order valence-electron chi connectivity index (χ1n) is 9.70. The molecule has 0 saturated carbocycles. The van der Waals surface area contributed by atoms with Crippen LogP contribution < -0.4 is 4.72 Å². The van der Waals surface area contributed by atoms with Crippen molar-refractivity contribution in [2.24, 2.45) is 0 Å². The molecular weight excluding hydrogens is 469 g/mol. The summed E-state index contributed by atoms with van der Waals surface area (Å²) in [6, 6.07) is 12.7. The summed E-state index contributed by atoms with van der Waals surface area (Å²) in [4.78, 5) is 13.4. The second-order valence-electron chi connectivity index (χ2n) is 7.06. The van der Waals surface area contributed by atoms with E-state index in [1.165, 1.54) is 41.7 Å². The highest BCUT2D eigenvalue weighted by Gasteiger charge is 2.23. The van der Waals surface area contributed by atoms with Crippen molar-refractivity contribution in [2.45, 2.75) is 24.8 Å². The van der Waals surface area contributed by atoms with Crippen LogP contribution in [-0.4, -0.2) is 24.6 Å². The number of halogens is 1. The van der Waals surface area contributed by atoms with Crippen LogP contribution in [-0.2, 0) is 14.8 Å². The lowest BCUT2D eigenvalue weighted by Crippen LogP contribution is -2.16. The molecule has 0 saturated heterocycles. The lowest BCUT2D eigenvalue weighted by atomic mass is 10.1. The third-order valence-corrected chi connectivity index (χ3v) is 7.00. The second-order valence-corrected chi connectivity index (χ2v) is 9.66. The van der Waals surface area contributed by atoms with Gasteiger partial charge in [0.05, 0.1) is 15.3 Å². The van der Waals surface area contributed by atoms with Crippen molar-refractivity contribution < 1.29 is 26.8 Å². The Balaban J connectivity index is 1.51. The van der Waals surface area contributed by atoms with Crippen LogP contribution in [0.15, 0.2) is 69.3 Å². The number of aryl methyl sites for hydroxylation is 1. The summed E-state index contributed by atoms with van der Waals surface area (Å²) >= 11 is 1.43. The summed E-state index contributed by atoms with van der Waals surface area (Å²) in [7, 11) is -4.04. The number of hydrogen-bond donors (Lipinski definition) is 1. The normalized spacial score (nSPS) is 12.3. The molecule has 0 radical (unpaired) electrons. The average Bonchev–Trinajstić information content (AvgIpc) is 3.47. The molecule has 0 fully saturated rings. The molecule has 0 spiro atoms. The maximum absolute atomic E-state index is 13.1. The average molecular weight is 488 g/mol. The fraction of sp³-hybridized carbons (Fsp3) is 0.136. The summed E-state index contributed by atoms with van der Waals surface area (Å²) in [5.74, 6) is -0.809. The summed E-state index contributed by atoms with van der Waals surface area (Å²) < 4.78 is 52.2. The molecule has 2 heterocycles. The van der Waals surface area contributed by atoms with Crippen molar-refractivity contribution in [1.82, 2.24) is 10.2 Å². The number of nitrogens with one attached hydrogen (secondary N) is 1. The summed E-state index contributed by atoms with van der Waals surface area (Å²) in [5, 5.41) is 9.75. The molecule has 1 atom stereocenters. The van der Waals surface area contributed by atoms with Gasteiger partial charge >= 0.3 is 5.97 Å². The minimum Gasteiger partial charge on any atom is -0.449 e. The summed E-state index contributed by atoms with van der Waals surface area (Å²) in [6.45, 7) is 3.17. The molecule has 0 bridgehead atoms. The molecule has 11 heteroatoms. The molecule has 0 aliphatic rings. The molecule has 4 aromatic rings. The molecule has 1 N–H and O–H groups in total. The minimum atomic E-state index is -4.04. The van der Waals surface area contributed by atoms with Gasteiger partial charge in [-0.2, -0.15) is 0 Å². The van der Waals surface area contributed by atoms with Gasteiger partial charge in [0.15, 0.2) is 6.10 Å². The molecule has 170 valence electrons. The number of thiophene rings is 1. The first-order chi connectivity index (χ1) is 15.7.